The van der Waals surface area contributed by atoms with Crippen molar-refractivity contribution in [3.05, 3.63) is 54.7 Å². The van der Waals surface area contributed by atoms with Crippen molar-refractivity contribution in [1.82, 2.24) is 19.4 Å². The van der Waals surface area contributed by atoms with Crippen LogP contribution < -0.4 is 5.32 Å². The van der Waals surface area contributed by atoms with Gasteiger partial charge in [-0.25, -0.2) is 24.5 Å². The van der Waals surface area contributed by atoms with Crippen molar-refractivity contribution in [2.75, 3.05) is 11.9 Å². The molecule has 0 aliphatic heterocycles. The lowest BCUT2D eigenvalue weighted by atomic mass is 10.3. The Morgan fingerprint density at radius 3 is 1.94 bits per heavy atom. The molecule has 3 heterocycles. The van der Waals surface area contributed by atoms with Gasteiger partial charge >= 0.3 is 24.3 Å². The first-order valence-corrected chi connectivity index (χ1v) is 8.34. The van der Waals surface area contributed by atoms with Crippen LogP contribution in [0.1, 0.15) is 5.69 Å². The Balaban J connectivity index is 0.000000305. The predicted octanol–water partition coefficient (Wildman–Crippen LogP) is 3.05. The van der Waals surface area contributed by atoms with Gasteiger partial charge in [0.15, 0.2) is 0 Å². The number of carboxylic acid groups (broad SMARTS) is 2. The third-order valence-electron chi connectivity index (χ3n) is 3.13. The van der Waals surface area contributed by atoms with Crippen LogP contribution in [-0.4, -0.2) is 60.4 Å². The molecule has 0 saturated carbocycles. The number of hydrogen-bond acceptors (Lipinski definition) is 6. The Morgan fingerprint density at radius 2 is 1.47 bits per heavy atom. The molecule has 0 radical (unpaired) electrons. The fourth-order valence-electron chi connectivity index (χ4n) is 1.80. The highest BCUT2D eigenvalue weighted by Gasteiger charge is 2.38. The number of halogens is 6. The first-order chi connectivity index (χ1) is 14.8. The molecule has 0 fully saturated rings. The van der Waals surface area contributed by atoms with Crippen LogP contribution in [0.2, 0.25) is 0 Å². The standard InChI is InChI=1S/C13H13N5.2C2HF3O2/c1-2-9-18-10-11(17-12(18)4-1)5-8-16-13-14-6-3-7-15-13;2*3-2(4,5)1(6)7/h1-4,6-7,9-10H,5,8H2,(H,14,15,16);2*(H,6,7). The summed E-state index contributed by atoms with van der Waals surface area (Å²) in [4.78, 5) is 30.5. The van der Waals surface area contributed by atoms with Crippen LogP contribution in [0.25, 0.3) is 5.65 Å². The van der Waals surface area contributed by atoms with Crippen molar-refractivity contribution in [2.24, 2.45) is 0 Å². The third kappa shape index (κ3) is 9.73. The summed E-state index contributed by atoms with van der Waals surface area (Å²) in [5.41, 5.74) is 2.04. The maximum absolute atomic E-state index is 10.6. The van der Waals surface area contributed by atoms with E-state index in [1.165, 1.54) is 0 Å². The Kier molecular flexibility index (Phi) is 9.37. The molecule has 0 aliphatic rings. The van der Waals surface area contributed by atoms with E-state index < -0.39 is 24.3 Å². The molecule has 15 heteroatoms. The molecule has 9 nitrogen and oxygen atoms in total. The number of nitrogens with zero attached hydrogens (tertiary/aromatic N) is 4. The molecule has 3 N–H and O–H groups in total. The van der Waals surface area contributed by atoms with Crippen LogP contribution in [0.15, 0.2) is 49.1 Å². The van der Waals surface area contributed by atoms with E-state index in [0.717, 1.165) is 24.3 Å². The normalized spacial score (nSPS) is 10.9. The van der Waals surface area contributed by atoms with Gasteiger partial charge in [-0.2, -0.15) is 26.3 Å². The lowest BCUT2D eigenvalue weighted by Crippen LogP contribution is -2.21. The molecule has 3 rings (SSSR count). The van der Waals surface area contributed by atoms with Gasteiger partial charge in [-0.05, 0) is 18.2 Å². The number of fused-ring (bicyclic) bond motifs is 1. The summed E-state index contributed by atoms with van der Waals surface area (Å²) < 4.78 is 65.5. The van der Waals surface area contributed by atoms with E-state index in [4.69, 9.17) is 19.8 Å². The largest absolute Gasteiger partial charge is 0.490 e. The molecule has 3 aromatic rings. The van der Waals surface area contributed by atoms with Crippen molar-refractivity contribution in [2.45, 2.75) is 18.8 Å². The van der Waals surface area contributed by atoms with Crippen LogP contribution in [-0.2, 0) is 16.0 Å². The topological polar surface area (TPSA) is 130 Å². The Bertz CT molecular complexity index is 951. The number of alkyl halides is 6. The van der Waals surface area contributed by atoms with E-state index >= 15 is 0 Å². The SMILES string of the molecule is O=C(O)C(F)(F)F.O=C(O)C(F)(F)F.c1cnc(NCCc2cn3ccccc3n2)nc1. The highest BCUT2D eigenvalue weighted by atomic mass is 19.4. The van der Waals surface area contributed by atoms with Crippen molar-refractivity contribution in [3.63, 3.8) is 0 Å². The highest BCUT2D eigenvalue weighted by molar-refractivity contribution is 5.73. The molecule has 0 saturated heterocycles. The van der Waals surface area contributed by atoms with Gasteiger partial charge in [0.25, 0.3) is 0 Å². The summed E-state index contributed by atoms with van der Waals surface area (Å²) in [6.45, 7) is 0.772. The van der Waals surface area contributed by atoms with Gasteiger partial charge in [0, 0.05) is 37.8 Å². The van der Waals surface area contributed by atoms with Gasteiger partial charge in [-0.15, -0.1) is 0 Å². The Hall–Kier alpha value is -3.91. The zero-order chi connectivity index (χ0) is 24.4. The number of pyridine rings is 1. The zero-order valence-corrected chi connectivity index (χ0v) is 15.8. The molecule has 3 aromatic heterocycles. The third-order valence-corrected chi connectivity index (χ3v) is 3.13. The second kappa shape index (κ2) is 11.5. The number of hydrogen-bond donors (Lipinski definition) is 3. The summed E-state index contributed by atoms with van der Waals surface area (Å²) in [6, 6.07) is 7.78. The van der Waals surface area contributed by atoms with E-state index in [1.54, 1.807) is 18.5 Å². The molecule has 32 heavy (non-hydrogen) atoms. The number of nitrogens with one attached hydrogen (secondary N) is 1. The van der Waals surface area contributed by atoms with Gasteiger partial charge in [-0.1, -0.05) is 6.07 Å². The summed E-state index contributed by atoms with van der Waals surface area (Å²) >= 11 is 0. The zero-order valence-electron chi connectivity index (χ0n) is 15.8. The molecule has 0 amide bonds. The second-order valence-corrected chi connectivity index (χ2v) is 5.55. The van der Waals surface area contributed by atoms with Crippen molar-refractivity contribution in [1.29, 1.82) is 0 Å². The van der Waals surface area contributed by atoms with Crippen LogP contribution >= 0.6 is 0 Å². The maximum Gasteiger partial charge on any atom is 0.490 e. The summed E-state index contributed by atoms with van der Waals surface area (Å²) in [7, 11) is 0. The van der Waals surface area contributed by atoms with Gasteiger partial charge in [0.05, 0.1) is 5.69 Å². The minimum atomic E-state index is -5.08. The van der Waals surface area contributed by atoms with Gasteiger partial charge in [-0.3, -0.25) is 0 Å². The summed E-state index contributed by atoms with van der Waals surface area (Å²) in [5, 5.41) is 17.4. The number of rotatable bonds is 4. The van der Waals surface area contributed by atoms with Crippen LogP contribution in [0.4, 0.5) is 32.3 Å². The second-order valence-electron chi connectivity index (χ2n) is 5.55. The molecule has 0 unspecified atom stereocenters. The summed E-state index contributed by atoms with van der Waals surface area (Å²) in [6.07, 6.45) is -1.83. The first kappa shape index (κ1) is 26.1. The molecule has 0 bridgehead atoms. The van der Waals surface area contributed by atoms with Gasteiger partial charge in [0.2, 0.25) is 5.95 Å². The quantitative estimate of drug-likeness (QED) is 0.500. The molecule has 0 spiro atoms. The van der Waals surface area contributed by atoms with E-state index in [-0.39, 0.29) is 0 Å². The molecule has 0 aromatic carbocycles. The van der Waals surface area contributed by atoms with Crippen molar-refractivity contribution in [3.8, 4) is 0 Å². The van der Waals surface area contributed by atoms with Crippen molar-refractivity contribution < 1.29 is 46.1 Å². The van der Waals surface area contributed by atoms with Crippen molar-refractivity contribution >= 4 is 23.5 Å². The molecular formula is C17H15F6N5O4. The molecular weight excluding hydrogens is 452 g/mol. The van der Waals surface area contributed by atoms with E-state index in [0.29, 0.717) is 5.95 Å². The summed E-state index contributed by atoms with van der Waals surface area (Å²) in [5.74, 6) is -4.86. The number of aliphatic carboxylic acids is 2. The number of aromatic nitrogens is 4. The van der Waals surface area contributed by atoms with Crippen LogP contribution in [0.3, 0.4) is 0 Å². The van der Waals surface area contributed by atoms with Crippen LogP contribution in [0.5, 0.6) is 0 Å². The smallest absolute Gasteiger partial charge is 0.475 e. The van der Waals surface area contributed by atoms with E-state index in [2.05, 4.69) is 20.3 Å². The lowest BCUT2D eigenvalue weighted by molar-refractivity contribution is -0.193. The maximum atomic E-state index is 10.6. The monoisotopic (exact) mass is 467 g/mol. The minimum Gasteiger partial charge on any atom is -0.475 e. The van der Waals surface area contributed by atoms with Crippen LogP contribution in [0, 0.1) is 0 Å². The van der Waals surface area contributed by atoms with E-state index in [1.807, 2.05) is 35.0 Å². The number of carboxylic acids is 2. The van der Waals surface area contributed by atoms with Gasteiger partial charge < -0.3 is 19.9 Å². The molecule has 0 atom stereocenters. The minimum absolute atomic E-state index is 0.654. The fourth-order valence-corrected chi connectivity index (χ4v) is 1.80. The van der Waals surface area contributed by atoms with E-state index in [9.17, 15) is 26.3 Å². The number of imidazole rings is 1. The average molecular weight is 467 g/mol. The number of carbonyl (C=O) groups is 2. The van der Waals surface area contributed by atoms with Gasteiger partial charge in [0.1, 0.15) is 5.65 Å². The molecule has 174 valence electrons. The Morgan fingerprint density at radius 1 is 0.938 bits per heavy atom. The average Bonchev–Trinajstić information content (AvgIpc) is 3.11. The highest BCUT2D eigenvalue weighted by Crippen LogP contribution is 2.13. The predicted molar refractivity (Wildman–Crippen MR) is 96.8 cm³/mol. The number of anilines is 1. The Labute approximate surface area is 175 Å². The fraction of sp³-hybridized carbons (Fsp3) is 0.235. The lowest BCUT2D eigenvalue weighted by Gasteiger charge is -2.01. The molecule has 0 aliphatic carbocycles. The first-order valence-electron chi connectivity index (χ1n) is 8.34.